The van der Waals surface area contributed by atoms with Crippen molar-refractivity contribution >= 4 is 32.9 Å². The van der Waals surface area contributed by atoms with Crippen molar-refractivity contribution in [3.8, 4) is 5.69 Å². The second-order valence-electron chi connectivity index (χ2n) is 4.34. The van der Waals surface area contributed by atoms with Gasteiger partial charge in [0.2, 0.25) is 0 Å². The molecule has 1 aromatic heterocycles. The van der Waals surface area contributed by atoms with Crippen molar-refractivity contribution in [2.75, 3.05) is 0 Å². The Morgan fingerprint density at radius 2 is 1.86 bits per heavy atom. The maximum atomic E-state index is 14.0. The summed E-state index contributed by atoms with van der Waals surface area (Å²) in [5.41, 5.74) is 0.474. The van der Waals surface area contributed by atoms with Gasteiger partial charge >= 0.3 is 5.97 Å². The lowest BCUT2D eigenvalue weighted by atomic mass is 10.2. The van der Waals surface area contributed by atoms with E-state index in [-0.39, 0.29) is 15.7 Å². The molecule has 0 saturated carbocycles. The Bertz CT molecular complexity index is 854. The van der Waals surface area contributed by atoms with Crippen molar-refractivity contribution in [3.63, 3.8) is 0 Å². The van der Waals surface area contributed by atoms with Gasteiger partial charge in [-0.2, -0.15) is 0 Å². The van der Waals surface area contributed by atoms with Gasteiger partial charge in [-0.25, -0.2) is 18.6 Å². The Labute approximate surface area is 125 Å². The van der Waals surface area contributed by atoms with E-state index in [9.17, 15) is 13.6 Å². The average molecular weight is 353 g/mol. The zero-order valence-corrected chi connectivity index (χ0v) is 11.9. The maximum absolute atomic E-state index is 14.0. The predicted molar refractivity (Wildman–Crippen MR) is 75.6 cm³/mol. The monoisotopic (exact) mass is 352 g/mol. The van der Waals surface area contributed by atoms with Gasteiger partial charge in [-0.3, -0.25) is 4.57 Å². The van der Waals surface area contributed by atoms with E-state index in [0.29, 0.717) is 11.0 Å². The van der Waals surface area contributed by atoms with Crippen LogP contribution in [0.1, 0.15) is 10.4 Å². The van der Waals surface area contributed by atoms with Gasteiger partial charge in [-0.05, 0) is 30.3 Å². The molecule has 0 aliphatic heterocycles. The van der Waals surface area contributed by atoms with Crippen LogP contribution in [0.15, 0.2) is 41.1 Å². The highest BCUT2D eigenvalue weighted by Gasteiger charge is 2.16. The summed E-state index contributed by atoms with van der Waals surface area (Å²) in [7, 11) is 0. The fourth-order valence-electron chi connectivity index (χ4n) is 2.08. The molecule has 0 atom stereocenters. The molecule has 0 spiro atoms. The van der Waals surface area contributed by atoms with E-state index in [0.717, 1.165) is 12.1 Å². The zero-order chi connectivity index (χ0) is 15.1. The molecule has 0 aliphatic rings. The maximum Gasteiger partial charge on any atom is 0.335 e. The molecule has 4 nitrogen and oxygen atoms in total. The van der Waals surface area contributed by atoms with Crippen molar-refractivity contribution in [3.05, 3.63) is 58.3 Å². The van der Waals surface area contributed by atoms with Gasteiger partial charge in [0.05, 0.1) is 16.6 Å². The highest BCUT2D eigenvalue weighted by atomic mass is 79.9. The largest absolute Gasteiger partial charge is 0.478 e. The van der Waals surface area contributed by atoms with Crippen molar-refractivity contribution in [2.45, 2.75) is 0 Å². The van der Waals surface area contributed by atoms with Crippen LogP contribution in [0.2, 0.25) is 0 Å². The minimum atomic E-state index is -1.12. The predicted octanol–water partition coefficient (Wildman–Crippen LogP) is 3.76. The normalized spacial score (nSPS) is 11.0. The van der Waals surface area contributed by atoms with Crippen molar-refractivity contribution in [1.29, 1.82) is 0 Å². The lowest BCUT2D eigenvalue weighted by molar-refractivity contribution is 0.0697. The third-order valence-corrected chi connectivity index (χ3v) is 3.47. The van der Waals surface area contributed by atoms with Crippen LogP contribution in [0.4, 0.5) is 8.78 Å². The van der Waals surface area contributed by atoms with E-state index < -0.39 is 17.6 Å². The van der Waals surface area contributed by atoms with Crippen LogP contribution in [0.25, 0.3) is 16.7 Å². The third kappa shape index (κ3) is 2.29. The Morgan fingerprint density at radius 1 is 1.19 bits per heavy atom. The molecular formula is C14H7BrF2N2O2. The molecule has 0 radical (unpaired) electrons. The Morgan fingerprint density at radius 3 is 2.48 bits per heavy atom. The standard InChI is InChI=1S/C14H7BrF2N2O2/c15-8-4-9(16)13(10(17)5-8)19-6-18-11-2-1-7(14(20)21)3-12(11)19/h1-6H,(H,20,21). The lowest BCUT2D eigenvalue weighted by Gasteiger charge is -2.08. The molecule has 3 rings (SSSR count). The first kappa shape index (κ1) is 13.7. The summed E-state index contributed by atoms with van der Waals surface area (Å²) in [6.45, 7) is 0. The fraction of sp³-hybridized carbons (Fsp3) is 0. The first-order valence-electron chi connectivity index (χ1n) is 5.82. The Balaban J connectivity index is 2.30. The number of carboxylic acid groups (broad SMARTS) is 1. The number of nitrogens with zero attached hydrogens (tertiary/aromatic N) is 2. The molecule has 0 unspecified atom stereocenters. The summed E-state index contributed by atoms with van der Waals surface area (Å²) >= 11 is 3.01. The number of hydrogen-bond donors (Lipinski definition) is 1. The van der Waals surface area contributed by atoms with E-state index in [1.54, 1.807) is 0 Å². The number of aromatic nitrogens is 2. The molecule has 106 valence electrons. The van der Waals surface area contributed by atoms with Crippen molar-refractivity contribution in [1.82, 2.24) is 9.55 Å². The summed E-state index contributed by atoms with van der Waals surface area (Å²) in [5, 5.41) is 9.00. The van der Waals surface area contributed by atoms with E-state index in [4.69, 9.17) is 5.11 Å². The molecule has 0 aliphatic carbocycles. The van der Waals surface area contributed by atoms with Crippen LogP contribution in [-0.4, -0.2) is 20.6 Å². The zero-order valence-electron chi connectivity index (χ0n) is 10.3. The van der Waals surface area contributed by atoms with Crippen LogP contribution >= 0.6 is 15.9 Å². The summed E-state index contributed by atoms with van der Waals surface area (Å²) in [4.78, 5) is 15.0. The van der Waals surface area contributed by atoms with Gasteiger partial charge in [0.25, 0.3) is 0 Å². The topological polar surface area (TPSA) is 55.1 Å². The van der Waals surface area contributed by atoms with E-state index in [2.05, 4.69) is 20.9 Å². The first-order valence-corrected chi connectivity index (χ1v) is 6.62. The van der Waals surface area contributed by atoms with Crippen molar-refractivity contribution in [2.24, 2.45) is 0 Å². The van der Waals surface area contributed by atoms with Crippen LogP contribution in [-0.2, 0) is 0 Å². The fourth-order valence-corrected chi connectivity index (χ4v) is 2.49. The minimum absolute atomic E-state index is 0.0159. The Hall–Kier alpha value is -2.28. The highest BCUT2D eigenvalue weighted by Crippen LogP contribution is 2.26. The van der Waals surface area contributed by atoms with Gasteiger partial charge in [-0.1, -0.05) is 15.9 Å². The molecule has 3 aromatic rings. The third-order valence-electron chi connectivity index (χ3n) is 3.02. The van der Waals surface area contributed by atoms with E-state index in [1.807, 2.05) is 0 Å². The number of carbonyl (C=O) groups is 1. The number of aromatic carboxylic acids is 1. The van der Waals surface area contributed by atoms with E-state index in [1.165, 1.54) is 29.1 Å². The molecule has 1 heterocycles. The number of hydrogen-bond acceptors (Lipinski definition) is 2. The van der Waals surface area contributed by atoms with Gasteiger partial charge in [0, 0.05) is 4.47 Å². The van der Waals surface area contributed by atoms with Crippen LogP contribution in [0.5, 0.6) is 0 Å². The number of fused-ring (bicyclic) bond motifs is 1. The molecule has 21 heavy (non-hydrogen) atoms. The van der Waals surface area contributed by atoms with Crippen molar-refractivity contribution < 1.29 is 18.7 Å². The smallest absolute Gasteiger partial charge is 0.335 e. The van der Waals surface area contributed by atoms with Gasteiger partial charge < -0.3 is 5.11 Å². The second kappa shape index (κ2) is 4.92. The quantitative estimate of drug-likeness (QED) is 0.763. The summed E-state index contributed by atoms with van der Waals surface area (Å²) in [5.74, 6) is -2.68. The molecule has 2 aromatic carbocycles. The van der Waals surface area contributed by atoms with Gasteiger partial charge in [0.1, 0.15) is 12.0 Å². The number of rotatable bonds is 2. The van der Waals surface area contributed by atoms with Crippen LogP contribution < -0.4 is 0 Å². The lowest BCUT2D eigenvalue weighted by Crippen LogP contribution is -2.02. The molecule has 1 N–H and O–H groups in total. The molecule has 0 saturated heterocycles. The summed E-state index contributed by atoms with van der Waals surface area (Å²) in [6.07, 6.45) is 1.26. The van der Waals surface area contributed by atoms with E-state index >= 15 is 0 Å². The second-order valence-corrected chi connectivity index (χ2v) is 5.26. The molecule has 7 heteroatoms. The number of benzene rings is 2. The molecule has 0 fully saturated rings. The molecule has 0 amide bonds. The molecule has 0 bridgehead atoms. The minimum Gasteiger partial charge on any atom is -0.478 e. The van der Waals surface area contributed by atoms with Crippen LogP contribution in [0.3, 0.4) is 0 Å². The number of imidazole rings is 1. The molecular weight excluding hydrogens is 346 g/mol. The number of halogens is 3. The Kier molecular flexibility index (Phi) is 3.21. The summed E-state index contributed by atoms with van der Waals surface area (Å²) < 4.78 is 29.5. The SMILES string of the molecule is O=C(O)c1ccc2ncn(-c3c(F)cc(Br)cc3F)c2c1. The van der Waals surface area contributed by atoms with Gasteiger partial charge in [0.15, 0.2) is 11.6 Å². The summed E-state index contributed by atoms with van der Waals surface area (Å²) in [6, 6.07) is 6.46. The highest BCUT2D eigenvalue weighted by molar-refractivity contribution is 9.10. The average Bonchev–Trinajstić information content (AvgIpc) is 2.80. The first-order chi connectivity index (χ1) is 9.97. The van der Waals surface area contributed by atoms with Gasteiger partial charge in [-0.15, -0.1) is 0 Å². The van der Waals surface area contributed by atoms with Crippen LogP contribution in [0, 0.1) is 11.6 Å². The number of carboxylic acids is 1.